The van der Waals surface area contributed by atoms with Crippen molar-refractivity contribution in [3.05, 3.63) is 91.0 Å². The van der Waals surface area contributed by atoms with Crippen LogP contribution in [-0.2, 0) is 9.53 Å². The van der Waals surface area contributed by atoms with Gasteiger partial charge in [-0.1, -0.05) is 13.8 Å². The highest BCUT2D eigenvalue weighted by Gasteiger charge is 2.42. The van der Waals surface area contributed by atoms with Crippen molar-refractivity contribution in [2.75, 3.05) is 7.11 Å². The first kappa shape index (κ1) is 29.1. The minimum atomic E-state index is -0.705. The summed E-state index contributed by atoms with van der Waals surface area (Å²) >= 11 is 0. The summed E-state index contributed by atoms with van der Waals surface area (Å²) in [7, 11) is 1.42. The van der Waals surface area contributed by atoms with Crippen LogP contribution >= 0.6 is 0 Å². The first-order valence-corrected chi connectivity index (χ1v) is 15.2. The molecule has 8 heteroatoms. The van der Waals surface area contributed by atoms with E-state index >= 15 is 0 Å². The highest BCUT2D eigenvalue weighted by molar-refractivity contribution is 6.21. The lowest BCUT2D eigenvalue weighted by molar-refractivity contribution is -0.140. The summed E-state index contributed by atoms with van der Waals surface area (Å²) in [4.78, 5) is 27.5. The first-order chi connectivity index (χ1) is 20.5. The summed E-state index contributed by atoms with van der Waals surface area (Å²) in [6, 6.07) is 0. The molecule has 5 heterocycles. The molecular formula is C35H40N4O4. The maximum Gasteiger partial charge on any atom is 0.305 e. The molecule has 0 aromatic rings. The van der Waals surface area contributed by atoms with Gasteiger partial charge >= 0.3 is 5.97 Å². The van der Waals surface area contributed by atoms with E-state index in [1.807, 2.05) is 26.0 Å². The van der Waals surface area contributed by atoms with Crippen LogP contribution in [0.15, 0.2) is 106 Å². The Morgan fingerprint density at radius 3 is 2.44 bits per heavy atom. The predicted octanol–water partition coefficient (Wildman–Crippen LogP) is 6.38. The maximum atomic E-state index is 12.2. The second kappa shape index (κ2) is 10.6. The number of aliphatic hydroxyl groups excluding tert-OH is 2. The van der Waals surface area contributed by atoms with Gasteiger partial charge in [0, 0.05) is 52.8 Å². The molecule has 0 aromatic heterocycles. The Labute approximate surface area is 253 Å². The summed E-state index contributed by atoms with van der Waals surface area (Å²) in [5.41, 5.74) is 14.5. The highest BCUT2D eigenvalue weighted by atomic mass is 16.5. The molecule has 43 heavy (non-hydrogen) atoms. The van der Waals surface area contributed by atoms with Crippen LogP contribution in [0.3, 0.4) is 0 Å². The number of methoxy groups -OCH3 is 1. The Kier molecular flexibility index (Phi) is 7.16. The Balaban J connectivity index is 1.63. The SMILES string of the molecule is CCC1=C(C)C2=NC1=CC1=C(C)C3=C(O)CC(=C4NC(=C(C)C5=NC(=C2)C(C(C)O)=C5C)[C@@H](C)[C@@H]4CCC(=O)OC)C3=N1. The second-order valence-corrected chi connectivity index (χ2v) is 12.2. The summed E-state index contributed by atoms with van der Waals surface area (Å²) in [6.45, 7) is 14.3. The van der Waals surface area contributed by atoms with E-state index in [4.69, 9.17) is 19.7 Å². The molecule has 0 spiro atoms. The predicted molar refractivity (Wildman–Crippen MR) is 170 cm³/mol. The van der Waals surface area contributed by atoms with E-state index in [0.29, 0.717) is 18.6 Å². The molecule has 1 fully saturated rings. The molecule has 0 amide bonds. The van der Waals surface area contributed by atoms with Crippen molar-refractivity contribution < 1.29 is 19.7 Å². The number of hydrogen-bond donors (Lipinski definition) is 3. The van der Waals surface area contributed by atoms with Crippen molar-refractivity contribution in [3.8, 4) is 0 Å². The lowest BCUT2D eigenvalue weighted by atomic mass is 9.85. The molecule has 8 bridgehead atoms. The smallest absolute Gasteiger partial charge is 0.305 e. The number of allylic oxidation sites excluding steroid dienone is 11. The van der Waals surface area contributed by atoms with E-state index < -0.39 is 6.10 Å². The van der Waals surface area contributed by atoms with Crippen molar-refractivity contribution in [1.82, 2.24) is 5.32 Å². The third-order valence-corrected chi connectivity index (χ3v) is 9.79. The summed E-state index contributed by atoms with van der Waals surface area (Å²) in [6.07, 6.45) is 5.38. The summed E-state index contributed by atoms with van der Waals surface area (Å²) < 4.78 is 4.99. The largest absolute Gasteiger partial charge is 0.511 e. The number of carbonyl (C=O) groups is 1. The van der Waals surface area contributed by atoms with Crippen LogP contribution in [-0.4, -0.2) is 46.5 Å². The fraction of sp³-hybridized carbons (Fsp3) is 0.429. The van der Waals surface area contributed by atoms with Gasteiger partial charge in [-0.3, -0.25) is 4.79 Å². The average molecular weight is 581 g/mol. The molecular weight excluding hydrogens is 540 g/mol. The lowest BCUT2D eigenvalue weighted by Crippen LogP contribution is -2.16. The molecule has 3 atom stereocenters. The molecule has 1 saturated heterocycles. The second-order valence-electron chi connectivity index (χ2n) is 12.2. The summed E-state index contributed by atoms with van der Waals surface area (Å²) in [5.74, 6) is 0.102. The fourth-order valence-electron chi connectivity index (χ4n) is 7.45. The van der Waals surface area contributed by atoms with Crippen LogP contribution in [0.5, 0.6) is 0 Å². The number of nitrogens with zero attached hydrogens (tertiary/aromatic N) is 3. The van der Waals surface area contributed by atoms with Crippen LogP contribution in [0.4, 0.5) is 0 Å². The minimum absolute atomic E-state index is 0.0105. The number of nitrogens with one attached hydrogen (secondary N) is 1. The Hall–Kier alpha value is -4.04. The topological polar surface area (TPSA) is 116 Å². The van der Waals surface area contributed by atoms with Crippen molar-refractivity contribution in [2.45, 2.75) is 80.3 Å². The molecule has 1 unspecified atom stereocenters. The van der Waals surface area contributed by atoms with Crippen LogP contribution in [0.1, 0.15) is 74.1 Å². The molecule has 6 aliphatic rings. The van der Waals surface area contributed by atoms with Gasteiger partial charge in [0.15, 0.2) is 0 Å². The zero-order valence-corrected chi connectivity index (χ0v) is 26.3. The monoisotopic (exact) mass is 580 g/mol. The molecule has 0 saturated carbocycles. The van der Waals surface area contributed by atoms with E-state index in [0.717, 1.165) is 96.6 Å². The van der Waals surface area contributed by atoms with E-state index in [1.54, 1.807) is 6.92 Å². The van der Waals surface area contributed by atoms with Gasteiger partial charge in [0.2, 0.25) is 0 Å². The number of rotatable bonds is 5. The van der Waals surface area contributed by atoms with Crippen LogP contribution < -0.4 is 5.32 Å². The van der Waals surface area contributed by atoms with E-state index in [-0.39, 0.29) is 24.2 Å². The van der Waals surface area contributed by atoms with Crippen LogP contribution in [0.25, 0.3) is 0 Å². The Morgan fingerprint density at radius 2 is 1.77 bits per heavy atom. The van der Waals surface area contributed by atoms with Gasteiger partial charge in [-0.05, 0) is 87.5 Å². The van der Waals surface area contributed by atoms with Crippen LogP contribution in [0.2, 0.25) is 0 Å². The average Bonchev–Trinajstić information content (AvgIpc) is 3.72. The number of aliphatic hydroxyl groups is 2. The molecule has 0 aromatic carbocycles. The Morgan fingerprint density at radius 1 is 1.02 bits per heavy atom. The van der Waals surface area contributed by atoms with E-state index in [2.05, 4.69) is 33.0 Å². The van der Waals surface area contributed by atoms with Gasteiger partial charge in [-0.25, -0.2) is 15.0 Å². The number of aliphatic imine (C=N–C) groups is 3. The molecule has 3 N–H and O–H groups in total. The number of esters is 1. The molecule has 5 aliphatic heterocycles. The normalized spacial score (nSPS) is 25.5. The fourth-order valence-corrected chi connectivity index (χ4v) is 7.45. The van der Waals surface area contributed by atoms with Crippen LogP contribution in [0, 0.1) is 11.8 Å². The maximum absolute atomic E-state index is 12.2. The van der Waals surface area contributed by atoms with E-state index in [9.17, 15) is 15.0 Å². The lowest BCUT2D eigenvalue weighted by Gasteiger charge is -2.17. The first-order valence-electron chi connectivity index (χ1n) is 15.2. The molecule has 8 nitrogen and oxygen atoms in total. The zero-order chi connectivity index (χ0) is 30.9. The number of ether oxygens (including phenoxy) is 1. The standard InChI is InChI=1S/C35H40N4O4/c1-9-21-15(2)24-14-27-30(20(7)40)18(5)33(38-27)19(6)32-16(3)22(10-11-29(42)43-8)34(39-32)23-12-28(41)31-17(4)25(37-35(23)31)13-26(21)36-24/h13-14,16,20,22,39-41H,9-12H2,1-8H3/t16-,20?,22-/m0/s1. The van der Waals surface area contributed by atoms with Crippen molar-refractivity contribution in [2.24, 2.45) is 26.8 Å². The highest BCUT2D eigenvalue weighted by Crippen LogP contribution is 2.47. The van der Waals surface area contributed by atoms with E-state index in [1.165, 1.54) is 7.11 Å². The van der Waals surface area contributed by atoms with Gasteiger partial charge in [0.1, 0.15) is 5.76 Å². The van der Waals surface area contributed by atoms with Crippen molar-refractivity contribution >= 4 is 23.1 Å². The van der Waals surface area contributed by atoms with Gasteiger partial charge in [-0.2, -0.15) is 0 Å². The molecule has 224 valence electrons. The van der Waals surface area contributed by atoms with Gasteiger partial charge < -0.3 is 20.3 Å². The van der Waals surface area contributed by atoms with Crippen molar-refractivity contribution in [1.29, 1.82) is 0 Å². The van der Waals surface area contributed by atoms with Gasteiger partial charge in [-0.15, -0.1) is 0 Å². The number of fused-ring (bicyclic) bond motifs is 5. The number of hydrogen-bond acceptors (Lipinski definition) is 8. The summed E-state index contributed by atoms with van der Waals surface area (Å²) in [5, 5.41) is 25.9. The Bertz CT molecular complexity index is 1730. The van der Waals surface area contributed by atoms with Gasteiger partial charge in [0.05, 0.1) is 47.4 Å². The minimum Gasteiger partial charge on any atom is -0.511 e. The third-order valence-electron chi connectivity index (χ3n) is 9.79. The quantitative estimate of drug-likeness (QED) is 0.326. The number of carbonyl (C=O) groups excluding carboxylic acids is 1. The van der Waals surface area contributed by atoms with Gasteiger partial charge in [0.25, 0.3) is 0 Å². The zero-order valence-electron chi connectivity index (χ0n) is 26.3. The molecule has 1 aliphatic carbocycles. The molecule has 0 radical (unpaired) electrons. The third kappa shape index (κ3) is 4.46. The van der Waals surface area contributed by atoms with Crippen molar-refractivity contribution in [3.63, 3.8) is 0 Å². The molecule has 6 rings (SSSR count).